The molecule has 0 radical (unpaired) electrons. The van der Waals surface area contributed by atoms with E-state index in [0.29, 0.717) is 12.4 Å². The van der Waals surface area contributed by atoms with Gasteiger partial charge in [-0.15, -0.1) is 0 Å². The van der Waals surface area contributed by atoms with Crippen molar-refractivity contribution >= 4 is 5.69 Å². The summed E-state index contributed by atoms with van der Waals surface area (Å²) in [4.78, 5) is 1.90. The summed E-state index contributed by atoms with van der Waals surface area (Å²) in [6, 6.07) is 4.36. The number of nitrogens with zero attached hydrogens (tertiary/aromatic N) is 1. The highest BCUT2D eigenvalue weighted by Crippen LogP contribution is 2.32. The molecule has 1 heterocycles. The van der Waals surface area contributed by atoms with Crippen LogP contribution in [0.25, 0.3) is 0 Å². The molecule has 0 aromatic heterocycles. The molecule has 0 saturated carbocycles. The molecule has 2 rings (SSSR count). The quantitative estimate of drug-likeness (QED) is 0.729. The molecule has 0 aliphatic carbocycles. The summed E-state index contributed by atoms with van der Waals surface area (Å²) in [5.74, 6) is 0.233. The second-order valence-corrected chi connectivity index (χ2v) is 3.37. The van der Waals surface area contributed by atoms with Crippen LogP contribution in [0.3, 0.4) is 0 Å². The van der Waals surface area contributed by atoms with Gasteiger partial charge in [0.15, 0.2) is 0 Å². The summed E-state index contributed by atoms with van der Waals surface area (Å²) in [6.07, 6.45) is 0. The molecule has 1 atom stereocenters. The predicted octanol–water partition coefficient (Wildman–Crippen LogP) is 1.02. The zero-order valence-corrected chi connectivity index (χ0v) is 7.90. The van der Waals surface area contributed by atoms with Crippen molar-refractivity contribution < 1.29 is 14.2 Å². The third-order valence-electron chi connectivity index (χ3n) is 2.49. The number of hydrogen-bond donors (Lipinski definition) is 1. The zero-order chi connectivity index (χ0) is 10.1. The van der Waals surface area contributed by atoms with Crippen molar-refractivity contribution in [2.75, 3.05) is 25.2 Å². The first-order chi connectivity index (χ1) is 6.72. The predicted molar refractivity (Wildman–Crippen MR) is 51.2 cm³/mol. The molecule has 1 aliphatic rings. The van der Waals surface area contributed by atoms with Gasteiger partial charge in [-0.2, -0.15) is 0 Å². The van der Waals surface area contributed by atoms with Crippen molar-refractivity contribution in [3.63, 3.8) is 0 Å². The standard InChI is InChI=1S/C10H12FNO2/c1-12-8(5-13)6-14-10-4-7(11)2-3-9(10)12/h2-4,8,13H,5-6H2,1H3. The maximum absolute atomic E-state index is 12.9. The molecule has 3 nitrogen and oxygen atoms in total. The molecule has 1 aromatic carbocycles. The van der Waals surface area contributed by atoms with Gasteiger partial charge in [0.2, 0.25) is 0 Å². The minimum Gasteiger partial charge on any atom is -0.489 e. The molecule has 4 heteroatoms. The Morgan fingerprint density at radius 3 is 3.14 bits per heavy atom. The molecule has 0 spiro atoms. The lowest BCUT2D eigenvalue weighted by molar-refractivity contribution is 0.191. The number of rotatable bonds is 1. The van der Waals surface area contributed by atoms with Gasteiger partial charge in [0.05, 0.1) is 18.3 Å². The summed E-state index contributed by atoms with van der Waals surface area (Å²) in [5, 5.41) is 9.05. The fraction of sp³-hybridized carbons (Fsp3) is 0.400. The molecule has 1 aliphatic heterocycles. The average Bonchev–Trinajstić information content (AvgIpc) is 2.18. The van der Waals surface area contributed by atoms with E-state index in [1.807, 2.05) is 11.9 Å². The van der Waals surface area contributed by atoms with E-state index in [9.17, 15) is 4.39 Å². The van der Waals surface area contributed by atoms with Gasteiger partial charge in [-0.25, -0.2) is 4.39 Å². The third kappa shape index (κ3) is 1.42. The van der Waals surface area contributed by atoms with E-state index >= 15 is 0 Å². The van der Waals surface area contributed by atoms with E-state index in [-0.39, 0.29) is 18.5 Å². The first-order valence-corrected chi connectivity index (χ1v) is 4.48. The second kappa shape index (κ2) is 3.46. The number of hydrogen-bond acceptors (Lipinski definition) is 3. The molecule has 0 saturated heterocycles. The Kier molecular flexibility index (Phi) is 2.29. The molecule has 76 valence electrons. The molecular weight excluding hydrogens is 185 g/mol. The van der Waals surface area contributed by atoms with Crippen LogP contribution in [0.1, 0.15) is 0 Å². The summed E-state index contributed by atoms with van der Waals surface area (Å²) in [6.45, 7) is 0.427. The first kappa shape index (κ1) is 9.27. The monoisotopic (exact) mass is 197 g/mol. The molecule has 14 heavy (non-hydrogen) atoms. The number of benzene rings is 1. The molecular formula is C10H12FNO2. The van der Waals surface area contributed by atoms with Crippen LogP contribution in [0.5, 0.6) is 5.75 Å². The van der Waals surface area contributed by atoms with Crippen molar-refractivity contribution in [3.05, 3.63) is 24.0 Å². The number of aliphatic hydroxyl groups excluding tert-OH is 1. The van der Waals surface area contributed by atoms with Crippen molar-refractivity contribution in [1.82, 2.24) is 0 Å². The van der Waals surface area contributed by atoms with Crippen molar-refractivity contribution in [2.24, 2.45) is 0 Å². The lowest BCUT2D eigenvalue weighted by Gasteiger charge is -2.34. The smallest absolute Gasteiger partial charge is 0.145 e. The van der Waals surface area contributed by atoms with E-state index in [2.05, 4.69) is 0 Å². The van der Waals surface area contributed by atoms with Crippen LogP contribution in [0.15, 0.2) is 18.2 Å². The van der Waals surface area contributed by atoms with Crippen LogP contribution in [-0.2, 0) is 0 Å². The lowest BCUT2D eigenvalue weighted by atomic mass is 10.2. The Bertz CT molecular complexity index is 343. The number of likely N-dealkylation sites (N-methyl/N-ethyl adjacent to an activating group) is 1. The average molecular weight is 197 g/mol. The highest BCUT2D eigenvalue weighted by atomic mass is 19.1. The second-order valence-electron chi connectivity index (χ2n) is 3.37. The molecule has 1 aromatic rings. The van der Waals surface area contributed by atoms with E-state index in [1.165, 1.54) is 12.1 Å². The Morgan fingerprint density at radius 2 is 2.43 bits per heavy atom. The van der Waals surface area contributed by atoms with Gasteiger partial charge in [-0.1, -0.05) is 0 Å². The van der Waals surface area contributed by atoms with Crippen LogP contribution in [0, 0.1) is 5.82 Å². The fourth-order valence-corrected chi connectivity index (χ4v) is 1.56. The minimum absolute atomic E-state index is 0.0350. The van der Waals surface area contributed by atoms with Crippen LogP contribution >= 0.6 is 0 Å². The Labute approximate surface area is 81.7 Å². The minimum atomic E-state index is -0.306. The SMILES string of the molecule is CN1c2ccc(F)cc2OCC1CO. The Hall–Kier alpha value is -1.29. The molecule has 0 fully saturated rings. The van der Waals surface area contributed by atoms with Gasteiger partial charge < -0.3 is 14.7 Å². The Morgan fingerprint density at radius 1 is 1.64 bits per heavy atom. The van der Waals surface area contributed by atoms with Crippen LogP contribution < -0.4 is 9.64 Å². The summed E-state index contributed by atoms with van der Waals surface area (Å²) >= 11 is 0. The van der Waals surface area contributed by atoms with E-state index in [0.717, 1.165) is 5.69 Å². The van der Waals surface area contributed by atoms with Gasteiger partial charge in [0, 0.05) is 13.1 Å². The van der Waals surface area contributed by atoms with Gasteiger partial charge in [0.1, 0.15) is 18.2 Å². The normalized spacial score (nSPS) is 20.2. The summed E-state index contributed by atoms with van der Waals surface area (Å²) in [5.41, 5.74) is 0.816. The van der Waals surface area contributed by atoms with Crippen LogP contribution in [0.2, 0.25) is 0 Å². The maximum atomic E-state index is 12.9. The summed E-state index contributed by atoms with van der Waals surface area (Å²) in [7, 11) is 1.86. The van der Waals surface area contributed by atoms with Crippen LogP contribution in [-0.4, -0.2) is 31.4 Å². The first-order valence-electron chi connectivity index (χ1n) is 4.48. The highest BCUT2D eigenvalue weighted by molar-refractivity contribution is 5.60. The van der Waals surface area contributed by atoms with Gasteiger partial charge in [0.25, 0.3) is 0 Å². The van der Waals surface area contributed by atoms with Gasteiger partial charge in [-0.05, 0) is 12.1 Å². The van der Waals surface area contributed by atoms with E-state index < -0.39 is 0 Å². The molecule has 1 N–H and O–H groups in total. The molecule has 0 amide bonds. The Balaban J connectivity index is 2.36. The highest BCUT2D eigenvalue weighted by Gasteiger charge is 2.23. The summed E-state index contributed by atoms with van der Waals surface area (Å²) < 4.78 is 18.2. The lowest BCUT2D eigenvalue weighted by Crippen LogP contribution is -2.42. The maximum Gasteiger partial charge on any atom is 0.145 e. The number of ether oxygens (including phenoxy) is 1. The van der Waals surface area contributed by atoms with Gasteiger partial charge >= 0.3 is 0 Å². The third-order valence-corrected chi connectivity index (χ3v) is 2.49. The van der Waals surface area contributed by atoms with E-state index in [1.54, 1.807) is 6.07 Å². The zero-order valence-electron chi connectivity index (χ0n) is 7.90. The van der Waals surface area contributed by atoms with Crippen molar-refractivity contribution in [2.45, 2.75) is 6.04 Å². The molecule has 0 bridgehead atoms. The topological polar surface area (TPSA) is 32.7 Å². The number of halogens is 1. The molecule has 1 unspecified atom stereocenters. The number of fused-ring (bicyclic) bond motifs is 1. The number of anilines is 1. The largest absolute Gasteiger partial charge is 0.489 e. The van der Waals surface area contributed by atoms with Crippen molar-refractivity contribution in [1.29, 1.82) is 0 Å². The fourth-order valence-electron chi connectivity index (χ4n) is 1.56. The number of aliphatic hydroxyl groups is 1. The van der Waals surface area contributed by atoms with Crippen LogP contribution in [0.4, 0.5) is 10.1 Å². The van der Waals surface area contributed by atoms with Crippen molar-refractivity contribution in [3.8, 4) is 5.75 Å². The van der Waals surface area contributed by atoms with E-state index in [4.69, 9.17) is 9.84 Å². The van der Waals surface area contributed by atoms with Gasteiger partial charge in [-0.3, -0.25) is 0 Å².